The molecule has 28 heavy (non-hydrogen) atoms. The Morgan fingerprint density at radius 3 is 2.64 bits per heavy atom. The summed E-state index contributed by atoms with van der Waals surface area (Å²) in [6, 6.07) is 9.02. The Balaban J connectivity index is 2.23. The number of hydrogen-bond acceptors (Lipinski definition) is 6. The van der Waals surface area contributed by atoms with Gasteiger partial charge in [0.25, 0.3) is 5.91 Å². The molecular formula is C19H25N3O5S. The minimum atomic E-state index is -3.69. The van der Waals surface area contributed by atoms with Gasteiger partial charge in [-0.1, -0.05) is 6.07 Å². The number of benzene rings is 1. The van der Waals surface area contributed by atoms with Gasteiger partial charge in [0.1, 0.15) is 12.3 Å². The molecule has 2 rings (SSSR count). The molecule has 0 radical (unpaired) electrons. The second-order valence-corrected chi connectivity index (χ2v) is 8.29. The van der Waals surface area contributed by atoms with Crippen LogP contribution in [0.25, 0.3) is 0 Å². The first-order chi connectivity index (χ1) is 13.3. The lowest BCUT2D eigenvalue weighted by Gasteiger charge is -2.21. The van der Waals surface area contributed by atoms with Crippen LogP contribution >= 0.6 is 0 Å². The molecule has 2 aromatic rings. The van der Waals surface area contributed by atoms with Gasteiger partial charge < -0.3 is 14.8 Å². The number of carbonyl (C=O) groups excluding carboxylic acids is 1. The fourth-order valence-electron chi connectivity index (χ4n) is 2.26. The Morgan fingerprint density at radius 2 is 1.96 bits per heavy atom. The molecule has 0 saturated carbocycles. The lowest BCUT2D eigenvalue weighted by Crippen LogP contribution is -2.33. The summed E-state index contributed by atoms with van der Waals surface area (Å²) in [5, 5.41) is 2.71. The maximum Gasteiger partial charge on any atom is 0.255 e. The molecule has 1 aromatic heterocycles. The Kier molecular flexibility index (Phi) is 7.50. The lowest BCUT2D eigenvalue weighted by atomic mass is 10.2. The predicted octanol–water partition coefficient (Wildman–Crippen LogP) is 2.39. The van der Waals surface area contributed by atoms with Crippen molar-refractivity contribution in [1.82, 2.24) is 9.29 Å². The molecule has 0 bridgehead atoms. The standard InChI is InChI=1S/C19H25N3O5S/c1-14(2)22(3)28(24,25)16-8-5-7-15(13-16)18(23)21-17-9-6-10-20-19(17)27-12-11-26-4/h5-10,13-14H,11-12H2,1-4H3,(H,21,23). The third-order valence-electron chi connectivity index (χ3n) is 4.05. The Morgan fingerprint density at radius 1 is 1.21 bits per heavy atom. The van der Waals surface area contributed by atoms with Crippen LogP contribution in [-0.4, -0.2) is 57.0 Å². The van der Waals surface area contributed by atoms with Crippen molar-refractivity contribution in [2.75, 3.05) is 32.7 Å². The summed E-state index contributed by atoms with van der Waals surface area (Å²) in [5.41, 5.74) is 0.598. The van der Waals surface area contributed by atoms with Gasteiger partial charge in [0.15, 0.2) is 0 Å². The molecule has 0 saturated heterocycles. The average Bonchev–Trinajstić information content (AvgIpc) is 2.68. The molecule has 1 heterocycles. The van der Waals surface area contributed by atoms with Gasteiger partial charge in [-0.15, -0.1) is 0 Å². The number of pyridine rings is 1. The number of amides is 1. The molecule has 0 aliphatic rings. The molecule has 0 aliphatic carbocycles. The highest BCUT2D eigenvalue weighted by atomic mass is 32.2. The number of anilines is 1. The molecule has 0 aliphatic heterocycles. The molecule has 0 unspecified atom stereocenters. The van der Waals surface area contributed by atoms with E-state index < -0.39 is 15.9 Å². The van der Waals surface area contributed by atoms with Gasteiger partial charge in [-0.3, -0.25) is 4.79 Å². The Hall–Kier alpha value is -2.49. The van der Waals surface area contributed by atoms with Gasteiger partial charge >= 0.3 is 0 Å². The van der Waals surface area contributed by atoms with Crippen LogP contribution < -0.4 is 10.1 Å². The van der Waals surface area contributed by atoms with Crippen LogP contribution in [-0.2, 0) is 14.8 Å². The number of hydrogen-bond donors (Lipinski definition) is 1. The second kappa shape index (κ2) is 9.63. The van der Waals surface area contributed by atoms with Gasteiger partial charge in [-0.05, 0) is 44.2 Å². The molecule has 152 valence electrons. The average molecular weight is 407 g/mol. The van der Waals surface area contributed by atoms with Crippen molar-refractivity contribution in [3.8, 4) is 5.88 Å². The normalized spacial score (nSPS) is 11.6. The van der Waals surface area contributed by atoms with E-state index in [9.17, 15) is 13.2 Å². The summed E-state index contributed by atoms with van der Waals surface area (Å²) < 4.78 is 37.0. The molecule has 9 heteroatoms. The van der Waals surface area contributed by atoms with E-state index in [-0.39, 0.29) is 29.0 Å². The monoisotopic (exact) mass is 407 g/mol. The minimum absolute atomic E-state index is 0.0547. The Labute approximate surface area is 165 Å². The summed E-state index contributed by atoms with van der Waals surface area (Å²) in [6.07, 6.45) is 1.55. The largest absolute Gasteiger partial charge is 0.474 e. The van der Waals surface area contributed by atoms with Crippen LogP contribution in [0, 0.1) is 0 Å². The first kappa shape index (κ1) is 21.8. The zero-order valence-electron chi connectivity index (χ0n) is 16.4. The van der Waals surface area contributed by atoms with Gasteiger partial charge in [0.05, 0.1) is 11.5 Å². The predicted molar refractivity (Wildman–Crippen MR) is 106 cm³/mol. The van der Waals surface area contributed by atoms with Crippen molar-refractivity contribution in [2.24, 2.45) is 0 Å². The molecular weight excluding hydrogens is 382 g/mol. The van der Waals surface area contributed by atoms with E-state index in [4.69, 9.17) is 9.47 Å². The van der Waals surface area contributed by atoms with Crippen LogP contribution in [0.1, 0.15) is 24.2 Å². The number of sulfonamides is 1. The van der Waals surface area contributed by atoms with E-state index in [1.807, 2.05) is 0 Å². The summed E-state index contributed by atoms with van der Waals surface area (Å²) in [6.45, 7) is 4.22. The number of aromatic nitrogens is 1. The van der Waals surface area contributed by atoms with E-state index in [2.05, 4.69) is 10.3 Å². The van der Waals surface area contributed by atoms with Crippen LogP contribution in [0.3, 0.4) is 0 Å². The summed E-state index contributed by atoms with van der Waals surface area (Å²) in [4.78, 5) is 16.8. The summed E-state index contributed by atoms with van der Waals surface area (Å²) >= 11 is 0. The molecule has 0 fully saturated rings. The molecule has 1 N–H and O–H groups in total. The molecule has 1 amide bonds. The van der Waals surface area contributed by atoms with E-state index in [1.165, 1.54) is 29.6 Å². The Bertz CT molecular complexity index is 915. The van der Waals surface area contributed by atoms with Gasteiger partial charge in [0.2, 0.25) is 15.9 Å². The summed E-state index contributed by atoms with van der Waals surface area (Å²) in [5.74, 6) is -0.204. The van der Waals surface area contributed by atoms with E-state index in [1.54, 1.807) is 45.4 Å². The highest BCUT2D eigenvalue weighted by Gasteiger charge is 2.24. The van der Waals surface area contributed by atoms with Crippen molar-refractivity contribution >= 4 is 21.6 Å². The lowest BCUT2D eigenvalue weighted by molar-refractivity contribution is 0.102. The number of rotatable bonds is 9. The van der Waals surface area contributed by atoms with E-state index in [0.717, 1.165) is 0 Å². The molecule has 1 aromatic carbocycles. The van der Waals surface area contributed by atoms with Crippen LogP contribution in [0.2, 0.25) is 0 Å². The highest BCUT2D eigenvalue weighted by molar-refractivity contribution is 7.89. The highest BCUT2D eigenvalue weighted by Crippen LogP contribution is 2.23. The molecule has 0 atom stereocenters. The molecule has 8 nitrogen and oxygen atoms in total. The first-order valence-electron chi connectivity index (χ1n) is 8.73. The summed E-state index contributed by atoms with van der Waals surface area (Å²) in [7, 11) is -0.624. The fraction of sp³-hybridized carbons (Fsp3) is 0.368. The van der Waals surface area contributed by atoms with Crippen molar-refractivity contribution in [2.45, 2.75) is 24.8 Å². The van der Waals surface area contributed by atoms with Crippen molar-refractivity contribution < 1.29 is 22.7 Å². The van der Waals surface area contributed by atoms with Gasteiger partial charge in [0, 0.05) is 32.0 Å². The smallest absolute Gasteiger partial charge is 0.255 e. The second-order valence-electron chi connectivity index (χ2n) is 6.29. The van der Waals surface area contributed by atoms with E-state index >= 15 is 0 Å². The maximum atomic E-state index is 12.7. The van der Waals surface area contributed by atoms with Crippen molar-refractivity contribution in [3.63, 3.8) is 0 Å². The number of nitrogens with zero attached hydrogens (tertiary/aromatic N) is 2. The van der Waals surface area contributed by atoms with Crippen molar-refractivity contribution in [3.05, 3.63) is 48.2 Å². The van der Waals surface area contributed by atoms with Crippen LogP contribution in [0.4, 0.5) is 5.69 Å². The third kappa shape index (κ3) is 5.28. The van der Waals surface area contributed by atoms with Crippen LogP contribution in [0.5, 0.6) is 5.88 Å². The number of nitrogens with one attached hydrogen (secondary N) is 1. The number of carbonyl (C=O) groups is 1. The number of methoxy groups -OCH3 is 1. The quantitative estimate of drug-likeness (QED) is 0.641. The first-order valence-corrected chi connectivity index (χ1v) is 10.2. The SMILES string of the molecule is COCCOc1ncccc1NC(=O)c1cccc(S(=O)(=O)N(C)C(C)C)c1. The zero-order chi connectivity index (χ0) is 20.7. The third-order valence-corrected chi connectivity index (χ3v) is 6.08. The van der Waals surface area contributed by atoms with Crippen LogP contribution in [0.15, 0.2) is 47.5 Å². The fourth-order valence-corrected chi connectivity index (χ4v) is 3.67. The van der Waals surface area contributed by atoms with E-state index in [0.29, 0.717) is 12.3 Å². The zero-order valence-corrected chi connectivity index (χ0v) is 17.2. The van der Waals surface area contributed by atoms with Gasteiger partial charge in [-0.2, -0.15) is 4.31 Å². The minimum Gasteiger partial charge on any atom is -0.474 e. The number of ether oxygens (including phenoxy) is 2. The van der Waals surface area contributed by atoms with Gasteiger partial charge in [-0.25, -0.2) is 13.4 Å². The van der Waals surface area contributed by atoms with Crippen molar-refractivity contribution in [1.29, 1.82) is 0 Å². The topological polar surface area (TPSA) is 97.8 Å². The maximum absolute atomic E-state index is 12.7. The molecule has 0 spiro atoms.